The maximum absolute atomic E-state index is 4.24. The molecule has 0 spiro atoms. The molecule has 0 aliphatic rings. The highest BCUT2D eigenvalue weighted by Gasteiger charge is 1.95. The molecule has 0 saturated carbocycles. The predicted octanol–water partition coefficient (Wildman–Crippen LogP) is 2.14. The topological polar surface area (TPSA) is 37.8 Å². The molecule has 0 amide bonds. The van der Waals surface area contributed by atoms with Crippen molar-refractivity contribution in [3.8, 4) is 0 Å². The summed E-state index contributed by atoms with van der Waals surface area (Å²) in [5.74, 6) is 0. The van der Waals surface area contributed by atoms with Gasteiger partial charge in [-0.3, -0.25) is 4.98 Å². The van der Waals surface area contributed by atoms with Gasteiger partial charge in [0, 0.05) is 30.4 Å². The third kappa shape index (κ3) is 3.11. The van der Waals surface area contributed by atoms with Crippen LogP contribution in [0.1, 0.15) is 17.0 Å². The molecule has 2 rings (SSSR count). The zero-order valence-electron chi connectivity index (χ0n) is 8.60. The molecule has 2 heterocycles. The summed E-state index contributed by atoms with van der Waals surface area (Å²) in [6.07, 6.45) is 1.91. The lowest BCUT2D eigenvalue weighted by atomic mass is 10.2. The molecule has 0 aliphatic heterocycles. The van der Waals surface area contributed by atoms with Gasteiger partial charge >= 0.3 is 0 Å². The SMILES string of the molecule is Cc1ccc(CNCc2cscn2)cn1. The third-order valence-corrected chi connectivity index (χ3v) is 2.73. The van der Waals surface area contributed by atoms with Crippen LogP contribution in [-0.4, -0.2) is 9.97 Å². The lowest BCUT2D eigenvalue weighted by Crippen LogP contribution is -2.12. The van der Waals surface area contributed by atoms with Crippen molar-refractivity contribution >= 4 is 11.3 Å². The highest BCUT2D eigenvalue weighted by atomic mass is 32.1. The number of nitrogens with one attached hydrogen (secondary N) is 1. The summed E-state index contributed by atoms with van der Waals surface area (Å²) in [6.45, 7) is 3.65. The maximum Gasteiger partial charge on any atom is 0.0795 e. The molecule has 1 N–H and O–H groups in total. The average Bonchev–Trinajstić information content (AvgIpc) is 2.74. The minimum atomic E-state index is 0.817. The van der Waals surface area contributed by atoms with Crippen molar-refractivity contribution in [3.05, 3.63) is 46.2 Å². The Labute approximate surface area is 93.2 Å². The van der Waals surface area contributed by atoms with E-state index in [-0.39, 0.29) is 0 Å². The summed E-state index contributed by atoms with van der Waals surface area (Å²) in [5, 5.41) is 5.38. The van der Waals surface area contributed by atoms with Gasteiger partial charge in [-0.2, -0.15) is 0 Å². The average molecular weight is 219 g/mol. The standard InChI is InChI=1S/C11H13N3S/c1-9-2-3-10(5-13-9)4-12-6-11-7-15-8-14-11/h2-3,5,7-8,12H,4,6H2,1H3. The molecule has 0 unspecified atom stereocenters. The second-order valence-corrected chi connectivity index (χ2v) is 4.11. The monoisotopic (exact) mass is 219 g/mol. The first-order chi connectivity index (χ1) is 7.34. The number of aryl methyl sites for hydroxylation is 1. The van der Waals surface area contributed by atoms with E-state index in [1.807, 2.05) is 24.7 Å². The molecule has 0 aromatic carbocycles. The molecule has 3 nitrogen and oxygen atoms in total. The van der Waals surface area contributed by atoms with Gasteiger partial charge in [-0.1, -0.05) is 6.07 Å². The Hall–Kier alpha value is -1.26. The number of rotatable bonds is 4. The summed E-state index contributed by atoms with van der Waals surface area (Å²) in [7, 11) is 0. The van der Waals surface area contributed by atoms with Crippen LogP contribution in [0, 0.1) is 6.92 Å². The fraction of sp³-hybridized carbons (Fsp3) is 0.273. The van der Waals surface area contributed by atoms with E-state index in [4.69, 9.17) is 0 Å². The molecule has 0 bridgehead atoms. The number of aromatic nitrogens is 2. The van der Waals surface area contributed by atoms with Crippen LogP contribution in [0.3, 0.4) is 0 Å². The molecule has 78 valence electrons. The van der Waals surface area contributed by atoms with E-state index >= 15 is 0 Å². The molecule has 0 aliphatic carbocycles. The van der Waals surface area contributed by atoms with E-state index in [1.54, 1.807) is 11.3 Å². The molecule has 4 heteroatoms. The molecule has 0 atom stereocenters. The highest BCUT2D eigenvalue weighted by molar-refractivity contribution is 7.07. The molecular formula is C11H13N3S. The smallest absolute Gasteiger partial charge is 0.0795 e. The normalized spacial score (nSPS) is 10.5. The Morgan fingerprint density at radius 1 is 1.27 bits per heavy atom. The van der Waals surface area contributed by atoms with Gasteiger partial charge in [-0.15, -0.1) is 11.3 Å². The number of pyridine rings is 1. The van der Waals surface area contributed by atoms with Crippen LogP contribution in [0.5, 0.6) is 0 Å². The molecule has 0 saturated heterocycles. The Bertz CT molecular complexity index is 394. The van der Waals surface area contributed by atoms with Crippen LogP contribution in [0.25, 0.3) is 0 Å². The highest BCUT2D eigenvalue weighted by Crippen LogP contribution is 2.02. The number of hydrogen-bond donors (Lipinski definition) is 1. The van der Waals surface area contributed by atoms with Crippen molar-refractivity contribution in [1.29, 1.82) is 0 Å². The van der Waals surface area contributed by atoms with Gasteiger partial charge in [0.15, 0.2) is 0 Å². The summed E-state index contributed by atoms with van der Waals surface area (Å²) >= 11 is 1.62. The minimum Gasteiger partial charge on any atom is -0.307 e. The number of hydrogen-bond acceptors (Lipinski definition) is 4. The molecule has 0 radical (unpaired) electrons. The van der Waals surface area contributed by atoms with Gasteiger partial charge in [-0.05, 0) is 18.6 Å². The Balaban J connectivity index is 1.81. The van der Waals surface area contributed by atoms with E-state index in [0.29, 0.717) is 0 Å². The Kier molecular flexibility index (Phi) is 3.42. The second-order valence-electron chi connectivity index (χ2n) is 3.39. The van der Waals surface area contributed by atoms with E-state index in [1.165, 1.54) is 5.56 Å². The first-order valence-corrected chi connectivity index (χ1v) is 5.78. The van der Waals surface area contributed by atoms with E-state index < -0.39 is 0 Å². The zero-order valence-corrected chi connectivity index (χ0v) is 9.42. The lowest BCUT2D eigenvalue weighted by molar-refractivity contribution is 0.680. The first-order valence-electron chi connectivity index (χ1n) is 4.84. The van der Waals surface area contributed by atoms with Gasteiger partial charge < -0.3 is 5.32 Å². The van der Waals surface area contributed by atoms with Crippen molar-refractivity contribution in [2.24, 2.45) is 0 Å². The van der Waals surface area contributed by atoms with Gasteiger partial charge in [0.1, 0.15) is 0 Å². The van der Waals surface area contributed by atoms with Crippen molar-refractivity contribution in [2.45, 2.75) is 20.0 Å². The van der Waals surface area contributed by atoms with E-state index in [9.17, 15) is 0 Å². The molecule has 2 aromatic heterocycles. The summed E-state index contributed by atoms with van der Waals surface area (Å²) in [5.41, 5.74) is 5.21. The fourth-order valence-electron chi connectivity index (χ4n) is 1.26. The summed E-state index contributed by atoms with van der Waals surface area (Å²) < 4.78 is 0. The van der Waals surface area contributed by atoms with Crippen molar-refractivity contribution in [1.82, 2.24) is 15.3 Å². The molecule has 0 fully saturated rings. The van der Waals surface area contributed by atoms with Gasteiger partial charge in [-0.25, -0.2) is 4.98 Å². The van der Waals surface area contributed by atoms with E-state index in [0.717, 1.165) is 24.5 Å². The predicted molar refractivity (Wildman–Crippen MR) is 61.6 cm³/mol. The largest absolute Gasteiger partial charge is 0.307 e. The minimum absolute atomic E-state index is 0.817. The van der Waals surface area contributed by atoms with Crippen molar-refractivity contribution < 1.29 is 0 Å². The van der Waals surface area contributed by atoms with Crippen LogP contribution in [0.2, 0.25) is 0 Å². The summed E-state index contributed by atoms with van der Waals surface area (Å²) in [6, 6.07) is 4.12. The maximum atomic E-state index is 4.24. The molecule has 2 aromatic rings. The number of thiazole rings is 1. The fourth-order valence-corrected chi connectivity index (χ4v) is 1.82. The van der Waals surface area contributed by atoms with E-state index in [2.05, 4.69) is 26.7 Å². The van der Waals surface area contributed by atoms with Crippen molar-refractivity contribution in [2.75, 3.05) is 0 Å². The Morgan fingerprint density at radius 2 is 2.20 bits per heavy atom. The van der Waals surface area contributed by atoms with Crippen LogP contribution in [0.4, 0.5) is 0 Å². The lowest BCUT2D eigenvalue weighted by Gasteiger charge is -2.02. The third-order valence-electron chi connectivity index (χ3n) is 2.09. The van der Waals surface area contributed by atoms with Crippen LogP contribution in [0.15, 0.2) is 29.2 Å². The molecular weight excluding hydrogens is 206 g/mol. The quantitative estimate of drug-likeness (QED) is 0.856. The zero-order chi connectivity index (χ0) is 10.5. The van der Waals surface area contributed by atoms with Crippen LogP contribution in [-0.2, 0) is 13.1 Å². The van der Waals surface area contributed by atoms with Gasteiger partial charge in [0.05, 0.1) is 11.2 Å². The Morgan fingerprint density at radius 3 is 2.87 bits per heavy atom. The second kappa shape index (κ2) is 5.00. The van der Waals surface area contributed by atoms with Gasteiger partial charge in [0.2, 0.25) is 0 Å². The van der Waals surface area contributed by atoms with Crippen LogP contribution >= 0.6 is 11.3 Å². The van der Waals surface area contributed by atoms with Gasteiger partial charge in [0.25, 0.3) is 0 Å². The number of nitrogens with zero attached hydrogens (tertiary/aromatic N) is 2. The van der Waals surface area contributed by atoms with Crippen molar-refractivity contribution in [3.63, 3.8) is 0 Å². The molecule has 15 heavy (non-hydrogen) atoms. The summed E-state index contributed by atoms with van der Waals surface area (Å²) in [4.78, 5) is 8.44. The van der Waals surface area contributed by atoms with Crippen LogP contribution < -0.4 is 5.32 Å². The first kappa shape index (κ1) is 10.3.